The molecule has 2 heteroatoms. The minimum Gasteiger partial charge on any atom is -0.307 e. The highest BCUT2D eigenvalue weighted by Gasteiger charge is 2.20. The molecule has 0 saturated heterocycles. The van der Waals surface area contributed by atoms with Gasteiger partial charge in [-0.15, -0.1) is 0 Å². The van der Waals surface area contributed by atoms with Crippen molar-refractivity contribution in [2.75, 3.05) is 0 Å². The van der Waals surface area contributed by atoms with Gasteiger partial charge in [-0.3, -0.25) is 0 Å². The lowest BCUT2D eigenvalue weighted by Crippen LogP contribution is -2.31. The molecule has 0 aliphatic heterocycles. The number of aryl methyl sites for hydroxylation is 1. The van der Waals surface area contributed by atoms with Gasteiger partial charge in [0.05, 0.1) is 0 Å². The summed E-state index contributed by atoms with van der Waals surface area (Å²) in [5, 5.41) is 3.72. The lowest BCUT2D eigenvalue weighted by molar-refractivity contribution is 0.392. The third-order valence-corrected chi connectivity index (χ3v) is 4.97. The van der Waals surface area contributed by atoms with Gasteiger partial charge in [0.2, 0.25) is 0 Å². The maximum Gasteiger partial charge on any atom is 0.126 e. The predicted octanol–water partition coefficient (Wildman–Crippen LogP) is 5.53. The fraction of sp³-hybridized carbons (Fsp3) is 0.684. The van der Waals surface area contributed by atoms with Gasteiger partial charge in [-0.1, -0.05) is 44.7 Å². The fourth-order valence-electron chi connectivity index (χ4n) is 3.57. The average Bonchev–Trinajstić information content (AvgIpc) is 2.68. The van der Waals surface area contributed by atoms with Crippen LogP contribution in [0.4, 0.5) is 4.39 Å². The second kappa shape index (κ2) is 7.93. The van der Waals surface area contributed by atoms with Crippen molar-refractivity contribution in [2.45, 2.75) is 77.8 Å². The Hall–Kier alpha value is -0.890. The van der Waals surface area contributed by atoms with E-state index in [4.69, 9.17) is 0 Å². The topological polar surface area (TPSA) is 12.0 Å². The molecule has 1 aliphatic rings. The molecule has 118 valence electrons. The normalized spacial score (nSPS) is 24.6. The molecule has 1 nitrogen and oxygen atoms in total. The first-order valence-electron chi connectivity index (χ1n) is 8.62. The lowest BCUT2D eigenvalue weighted by atomic mass is 9.95. The van der Waals surface area contributed by atoms with E-state index in [1.807, 2.05) is 19.1 Å². The van der Waals surface area contributed by atoms with Gasteiger partial charge in [0.1, 0.15) is 5.82 Å². The number of benzene rings is 1. The van der Waals surface area contributed by atoms with E-state index in [1.165, 1.54) is 44.9 Å². The molecule has 2 rings (SSSR count). The molecule has 1 aliphatic carbocycles. The summed E-state index contributed by atoms with van der Waals surface area (Å²) in [5.41, 5.74) is 1.79. The van der Waals surface area contributed by atoms with Gasteiger partial charge in [-0.05, 0) is 56.2 Å². The Kier molecular flexibility index (Phi) is 6.22. The number of hydrogen-bond acceptors (Lipinski definition) is 1. The summed E-state index contributed by atoms with van der Waals surface area (Å²) in [6.45, 7) is 6.25. The molecular weight excluding hydrogens is 261 g/mol. The summed E-state index contributed by atoms with van der Waals surface area (Å²) in [6, 6.07) is 6.43. The number of rotatable bonds is 5. The van der Waals surface area contributed by atoms with E-state index < -0.39 is 0 Å². The zero-order valence-electron chi connectivity index (χ0n) is 13.8. The molecule has 0 aromatic heterocycles. The maximum atomic E-state index is 13.7. The van der Waals surface area contributed by atoms with Gasteiger partial charge >= 0.3 is 0 Å². The molecule has 1 N–H and O–H groups in total. The van der Waals surface area contributed by atoms with Gasteiger partial charge < -0.3 is 5.32 Å². The third kappa shape index (κ3) is 4.81. The van der Waals surface area contributed by atoms with Crippen LogP contribution in [0.5, 0.6) is 0 Å². The summed E-state index contributed by atoms with van der Waals surface area (Å²) in [7, 11) is 0. The first-order chi connectivity index (χ1) is 10.1. The Bertz CT molecular complexity index is 443. The van der Waals surface area contributed by atoms with Crippen LogP contribution in [0, 0.1) is 18.7 Å². The largest absolute Gasteiger partial charge is 0.307 e. The van der Waals surface area contributed by atoms with Gasteiger partial charge in [0.25, 0.3) is 0 Å². The van der Waals surface area contributed by atoms with E-state index in [1.54, 1.807) is 6.07 Å². The van der Waals surface area contributed by atoms with Gasteiger partial charge in [-0.25, -0.2) is 4.39 Å². The van der Waals surface area contributed by atoms with Crippen LogP contribution in [0.1, 0.15) is 76.0 Å². The highest BCUT2D eigenvalue weighted by molar-refractivity contribution is 5.25. The molecule has 1 saturated carbocycles. The van der Waals surface area contributed by atoms with E-state index >= 15 is 0 Å². The predicted molar refractivity (Wildman–Crippen MR) is 88.0 cm³/mol. The quantitative estimate of drug-likeness (QED) is 0.703. The van der Waals surface area contributed by atoms with Crippen LogP contribution in [0.25, 0.3) is 0 Å². The van der Waals surface area contributed by atoms with Crippen molar-refractivity contribution in [3.8, 4) is 0 Å². The molecule has 0 spiro atoms. The first kappa shape index (κ1) is 16.5. The lowest BCUT2D eigenvalue weighted by Gasteiger charge is -2.23. The molecule has 1 aromatic rings. The zero-order chi connectivity index (χ0) is 15.2. The molecule has 0 amide bonds. The zero-order valence-corrected chi connectivity index (χ0v) is 13.8. The number of halogens is 1. The first-order valence-corrected chi connectivity index (χ1v) is 8.62. The molecule has 3 unspecified atom stereocenters. The third-order valence-electron chi connectivity index (χ3n) is 4.97. The van der Waals surface area contributed by atoms with Crippen LogP contribution in [0.3, 0.4) is 0 Å². The van der Waals surface area contributed by atoms with Crippen molar-refractivity contribution in [1.82, 2.24) is 5.32 Å². The Morgan fingerprint density at radius 3 is 2.76 bits per heavy atom. The van der Waals surface area contributed by atoms with Gasteiger partial charge in [0, 0.05) is 12.1 Å². The van der Waals surface area contributed by atoms with E-state index in [0.29, 0.717) is 6.04 Å². The molecule has 21 heavy (non-hydrogen) atoms. The standard InChI is InChI=1S/C19H30FN/c1-4-6-16-7-5-8-18(12-10-16)21-15(3)17-11-9-14(2)19(20)13-17/h9,11,13,15-16,18,21H,4-8,10,12H2,1-3H3. The second-order valence-corrected chi connectivity index (χ2v) is 6.76. The monoisotopic (exact) mass is 291 g/mol. The Morgan fingerprint density at radius 1 is 1.24 bits per heavy atom. The summed E-state index contributed by atoms with van der Waals surface area (Å²) >= 11 is 0. The SMILES string of the molecule is CCCC1CCCC(NC(C)c2ccc(C)c(F)c2)CC1. The van der Waals surface area contributed by atoms with Crippen molar-refractivity contribution in [3.63, 3.8) is 0 Å². The molecular formula is C19H30FN. The molecule has 3 atom stereocenters. The van der Waals surface area contributed by atoms with Crippen LogP contribution in [0.15, 0.2) is 18.2 Å². The highest BCUT2D eigenvalue weighted by atomic mass is 19.1. The van der Waals surface area contributed by atoms with Gasteiger partial charge in [-0.2, -0.15) is 0 Å². The maximum absolute atomic E-state index is 13.7. The van der Waals surface area contributed by atoms with E-state index in [0.717, 1.165) is 17.0 Å². The molecule has 0 bridgehead atoms. The van der Waals surface area contributed by atoms with Crippen molar-refractivity contribution in [1.29, 1.82) is 0 Å². The highest BCUT2D eigenvalue weighted by Crippen LogP contribution is 2.28. The van der Waals surface area contributed by atoms with E-state index in [9.17, 15) is 4.39 Å². The molecule has 1 fully saturated rings. The summed E-state index contributed by atoms with van der Waals surface area (Å²) in [6.07, 6.45) is 9.28. The van der Waals surface area contributed by atoms with Crippen molar-refractivity contribution in [3.05, 3.63) is 35.1 Å². The Balaban J connectivity index is 1.90. The number of hydrogen-bond donors (Lipinski definition) is 1. The van der Waals surface area contributed by atoms with Crippen molar-refractivity contribution >= 4 is 0 Å². The van der Waals surface area contributed by atoms with Crippen LogP contribution >= 0.6 is 0 Å². The van der Waals surface area contributed by atoms with Gasteiger partial charge in [0.15, 0.2) is 0 Å². The molecule has 1 aromatic carbocycles. The number of nitrogens with one attached hydrogen (secondary N) is 1. The van der Waals surface area contributed by atoms with Crippen LogP contribution in [-0.4, -0.2) is 6.04 Å². The molecule has 0 radical (unpaired) electrons. The summed E-state index contributed by atoms with van der Waals surface area (Å²) in [4.78, 5) is 0. The van der Waals surface area contributed by atoms with Crippen molar-refractivity contribution < 1.29 is 4.39 Å². The van der Waals surface area contributed by atoms with Crippen LogP contribution in [-0.2, 0) is 0 Å². The fourth-order valence-corrected chi connectivity index (χ4v) is 3.57. The summed E-state index contributed by atoms with van der Waals surface area (Å²) in [5.74, 6) is 0.832. The van der Waals surface area contributed by atoms with E-state index in [2.05, 4.69) is 19.2 Å². The minimum atomic E-state index is -0.0926. The summed E-state index contributed by atoms with van der Waals surface area (Å²) < 4.78 is 13.7. The average molecular weight is 291 g/mol. The second-order valence-electron chi connectivity index (χ2n) is 6.76. The molecule has 0 heterocycles. The minimum absolute atomic E-state index is 0.0926. The van der Waals surface area contributed by atoms with Crippen molar-refractivity contribution in [2.24, 2.45) is 5.92 Å². The van der Waals surface area contributed by atoms with Crippen LogP contribution in [0.2, 0.25) is 0 Å². The van der Waals surface area contributed by atoms with Crippen LogP contribution < -0.4 is 5.32 Å². The Morgan fingerprint density at radius 2 is 2.05 bits per heavy atom. The smallest absolute Gasteiger partial charge is 0.126 e. The van der Waals surface area contributed by atoms with E-state index in [-0.39, 0.29) is 11.9 Å². The Labute approximate surface area is 129 Å².